The molecule has 1 N–H and O–H groups in total. The van der Waals surface area contributed by atoms with Crippen LogP contribution in [-0.2, 0) is 4.79 Å². The van der Waals surface area contributed by atoms with Gasteiger partial charge in [0.05, 0.1) is 0 Å². The van der Waals surface area contributed by atoms with Crippen molar-refractivity contribution in [2.75, 3.05) is 38.5 Å². The van der Waals surface area contributed by atoms with Gasteiger partial charge in [0.25, 0.3) is 5.91 Å². The molecule has 0 bridgehead atoms. The second-order valence-electron chi connectivity index (χ2n) is 5.23. The van der Waals surface area contributed by atoms with Crippen LogP contribution in [0.3, 0.4) is 0 Å². The fourth-order valence-electron chi connectivity index (χ4n) is 2.23. The Bertz CT molecular complexity index is 518. The van der Waals surface area contributed by atoms with Crippen LogP contribution in [0.4, 0.5) is 5.82 Å². The zero-order chi connectivity index (χ0) is 15.2. The quantitative estimate of drug-likeness (QED) is 0.905. The van der Waals surface area contributed by atoms with Crippen molar-refractivity contribution in [3.05, 3.63) is 23.9 Å². The molecule has 0 aliphatic carbocycles. The highest BCUT2D eigenvalue weighted by Gasteiger charge is 2.24. The summed E-state index contributed by atoms with van der Waals surface area (Å²) < 4.78 is 0. The summed E-state index contributed by atoms with van der Waals surface area (Å²) in [5, 5.41) is 3.16. The van der Waals surface area contributed by atoms with Crippen molar-refractivity contribution in [2.45, 2.75) is 19.8 Å². The van der Waals surface area contributed by atoms with Gasteiger partial charge >= 0.3 is 0 Å². The Labute approximate surface area is 125 Å². The molecule has 2 amide bonds. The van der Waals surface area contributed by atoms with Crippen molar-refractivity contribution in [1.29, 1.82) is 0 Å². The van der Waals surface area contributed by atoms with Gasteiger partial charge in [-0.05, 0) is 25.0 Å². The third-order valence-corrected chi connectivity index (χ3v) is 3.48. The van der Waals surface area contributed by atoms with Gasteiger partial charge in [-0.2, -0.15) is 0 Å². The SMILES string of the molecule is CCCNc1cccc(C(=O)N2CCCN(C)C(=O)C2)n1. The van der Waals surface area contributed by atoms with Crippen LogP contribution in [0, 0.1) is 0 Å². The van der Waals surface area contributed by atoms with Crippen LogP contribution in [0.15, 0.2) is 18.2 Å². The van der Waals surface area contributed by atoms with Crippen molar-refractivity contribution in [3.8, 4) is 0 Å². The number of hydrogen-bond acceptors (Lipinski definition) is 4. The normalized spacial score (nSPS) is 15.8. The van der Waals surface area contributed by atoms with Gasteiger partial charge in [-0.15, -0.1) is 0 Å². The van der Waals surface area contributed by atoms with Gasteiger partial charge in [-0.25, -0.2) is 4.98 Å². The molecule has 6 heteroatoms. The molecule has 6 nitrogen and oxygen atoms in total. The van der Waals surface area contributed by atoms with Gasteiger partial charge in [-0.3, -0.25) is 9.59 Å². The van der Waals surface area contributed by atoms with Gasteiger partial charge < -0.3 is 15.1 Å². The van der Waals surface area contributed by atoms with Gasteiger partial charge in [0, 0.05) is 26.7 Å². The summed E-state index contributed by atoms with van der Waals surface area (Å²) in [4.78, 5) is 31.9. The summed E-state index contributed by atoms with van der Waals surface area (Å²) in [6.45, 7) is 4.29. The Balaban J connectivity index is 2.10. The number of carbonyl (C=O) groups excluding carboxylic acids is 2. The van der Waals surface area contributed by atoms with E-state index in [9.17, 15) is 9.59 Å². The zero-order valence-corrected chi connectivity index (χ0v) is 12.6. The Morgan fingerprint density at radius 2 is 2.19 bits per heavy atom. The van der Waals surface area contributed by atoms with Gasteiger partial charge in [0.2, 0.25) is 5.91 Å². The average molecular weight is 290 g/mol. The number of nitrogens with one attached hydrogen (secondary N) is 1. The summed E-state index contributed by atoms with van der Waals surface area (Å²) in [5.74, 6) is 0.487. The maximum absolute atomic E-state index is 12.5. The summed E-state index contributed by atoms with van der Waals surface area (Å²) in [7, 11) is 1.77. The average Bonchev–Trinajstić information content (AvgIpc) is 2.67. The predicted molar refractivity (Wildman–Crippen MR) is 81.2 cm³/mol. The Hall–Kier alpha value is -2.11. The molecule has 0 unspecified atom stereocenters. The molecule has 1 saturated heterocycles. The van der Waals surface area contributed by atoms with E-state index >= 15 is 0 Å². The lowest BCUT2D eigenvalue weighted by atomic mass is 10.3. The summed E-state index contributed by atoms with van der Waals surface area (Å²) >= 11 is 0. The van der Waals surface area contributed by atoms with E-state index in [0.717, 1.165) is 19.4 Å². The maximum atomic E-state index is 12.5. The number of amides is 2. The van der Waals surface area contributed by atoms with E-state index in [0.29, 0.717) is 24.6 Å². The largest absolute Gasteiger partial charge is 0.370 e. The first-order valence-corrected chi connectivity index (χ1v) is 7.36. The molecule has 0 atom stereocenters. The molecule has 21 heavy (non-hydrogen) atoms. The van der Waals surface area contributed by atoms with E-state index in [-0.39, 0.29) is 18.4 Å². The van der Waals surface area contributed by atoms with Crippen LogP contribution in [0.2, 0.25) is 0 Å². The topological polar surface area (TPSA) is 65.5 Å². The molecule has 0 spiro atoms. The highest BCUT2D eigenvalue weighted by molar-refractivity contribution is 5.95. The molecule has 1 fully saturated rings. The molecular formula is C15H22N4O2. The third-order valence-electron chi connectivity index (χ3n) is 3.48. The van der Waals surface area contributed by atoms with Crippen LogP contribution in [0.25, 0.3) is 0 Å². The van der Waals surface area contributed by atoms with E-state index in [1.54, 1.807) is 22.9 Å². The van der Waals surface area contributed by atoms with E-state index in [2.05, 4.69) is 17.2 Å². The standard InChI is InChI=1S/C15H22N4O2/c1-3-8-16-13-7-4-6-12(17-13)15(21)19-10-5-9-18(2)14(20)11-19/h4,6-7H,3,5,8-11H2,1-2H3,(H,16,17). The lowest BCUT2D eigenvalue weighted by molar-refractivity contribution is -0.129. The van der Waals surface area contributed by atoms with Gasteiger partial charge in [0.15, 0.2) is 0 Å². The second-order valence-corrected chi connectivity index (χ2v) is 5.23. The van der Waals surface area contributed by atoms with Gasteiger partial charge in [-0.1, -0.05) is 13.0 Å². The van der Waals surface area contributed by atoms with Gasteiger partial charge in [0.1, 0.15) is 18.1 Å². The minimum atomic E-state index is -0.182. The highest BCUT2D eigenvalue weighted by atomic mass is 16.2. The molecule has 1 aromatic heterocycles. The Kier molecular flexibility index (Phi) is 5.14. The molecular weight excluding hydrogens is 268 g/mol. The molecule has 2 rings (SSSR count). The minimum absolute atomic E-state index is 0.0267. The fourth-order valence-corrected chi connectivity index (χ4v) is 2.23. The molecule has 1 aliphatic rings. The summed E-state index contributed by atoms with van der Waals surface area (Å²) in [6, 6.07) is 5.34. The number of hydrogen-bond donors (Lipinski definition) is 1. The number of nitrogens with zero attached hydrogens (tertiary/aromatic N) is 3. The second kappa shape index (κ2) is 7.06. The van der Waals surface area contributed by atoms with E-state index in [1.165, 1.54) is 0 Å². The first kappa shape index (κ1) is 15.3. The van der Waals surface area contributed by atoms with E-state index < -0.39 is 0 Å². The summed E-state index contributed by atoms with van der Waals surface area (Å²) in [6.07, 6.45) is 1.79. The Morgan fingerprint density at radius 1 is 1.38 bits per heavy atom. The van der Waals surface area contributed by atoms with Crippen molar-refractivity contribution < 1.29 is 9.59 Å². The predicted octanol–water partition coefficient (Wildman–Crippen LogP) is 1.21. The van der Waals surface area contributed by atoms with E-state index in [4.69, 9.17) is 0 Å². The lowest BCUT2D eigenvalue weighted by Crippen LogP contribution is -2.38. The Morgan fingerprint density at radius 3 is 2.95 bits per heavy atom. The van der Waals surface area contributed by atoms with Crippen molar-refractivity contribution in [3.63, 3.8) is 0 Å². The lowest BCUT2D eigenvalue weighted by Gasteiger charge is -2.19. The molecule has 1 aromatic rings. The maximum Gasteiger partial charge on any atom is 0.273 e. The zero-order valence-electron chi connectivity index (χ0n) is 12.6. The smallest absolute Gasteiger partial charge is 0.273 e. The third kappa shape index (κ3) is 3.93. The number of anilines is 1. The van der Waals surface area contributed by atoms with Crippen LogP contribution in [-0.4, -0.2) is 59.8 Å². The van der Waals surface area contributed by atoms with Crippen molar-refractivity contribution in [2.24, 2.45) is 0 Å². The van der Waals surface area contributed by atoms with E-state index in [1.807, 2.05) is 12.1 Å². The first-order valence-electron chi connectivity index (χ1n) is 7.36. The van der Waals surface area contributed by atoms with Crippen molar-refractivity contribution in [1.82, 2.24) is 14.8 Å². The molecule has 2 heterocycles. The van der Waals surface area contributed by atoms with Crippen LogP contribution in [0.1, 0.15) is 30.3 Å². The van der Waals surface area contributed by atoms with Crippen LogP contribution < -0.4 is 5.32 Å². The molecule has 0 saturated carbocycles. The number of likely N-dealkylation sites (N-methyl/N-ethyl adjacent to an activating group) is 1. The van der Waals surface area contributed by atoms with Crippen molar-refractivity contribution >= 4 is 17.6 Å². The molecule has 0 aromatic carbocycles. The highest BCUT2D eigenvalue weighted by Crippen LogP contribution is 2.10. The monoisotopic (exact) mass is 290 g/mol. The van der Waals surface area contributed by atoms with Crippen LogP contribution in [0.5, 0.6) is 0 Å². The first-order chi connectivity index (χ1) is 10.1. The minimum Gasteiger partial charge on any atom is -0.370 e. The number of aromatic nitrogens is 1. The number of carbonyl (C=O) groups is 2. The van der Waals surface area contributed by atoms with Crippen LogP contribution >= 0.6 is 0 Å². The molecule has 0 radical (unpaired) electrons. The molecule has 1 aliphatic heterocycles. The number of rotatable bonds is 4. The summed E-state index contributed by atoms with van der Waals surface area (Å²) in [5.41, 5.74) is 0.383. The number of pyridine rings is 1. The fraction of sp³-hybridized carbons (Fsp3) is 0.533. The molecule has 114 valence electrons.